The molecule has 76 valence electrons. The maximum absolute atomic E-state index is 3.45. The van der Waals surface area contributed by atoms with E-state index in [1.807, 2.05) is 0 Å². The van der Waals surface area contributed by atoms with Crippen molar-refractivity contribution < 1.29 is 0 Å². The van der Waals surface area contributed by atoms with E-state index in [1.165, 1.54) is 45.6 Å². The highest BCUT2D eigenvalue weighted by molar-refractivity contribution is 4.97. The van der Waals surface area contributed by atoms with E-state index in [9.17, 15) is 0 Å². The molecule has 2 heterocycles. The molecule has 0 aromatic heterocycles. The molecular weight excluding hydrogens is 160 g/mol. The van der Waals surface area contributed by atoms with Gasteiger partial charge in [-0.3, -0.25) is 0 Å². The summed E-state index contributed by atoms with van der Waals surface area (Å²) in [5.41, 5.74) is 0.722. The zero-order valence-corrected chi connectivity index (χ0v) is 8.97. The third-order valence-corrected chi connectivity index (χ3v) is 3.41. The van der Waals surface area contributed by atoms with Gasteiger partial charge in [0, 0.05) is 19.6 Å². The monoisotopic (exact) mass is 182 g/mol. The highest BCUT2D eigenvalue weighted by Crippen LogP contribution is 2.38. The van der Waals surface area contributed by atoms with Crippen LogP contribution in [0.1, 0.15) is 26.7 Å². The molecule has 0 radical (unpaired) electrons. The van der Waals surface area contributed by atoms with E-state index in [0.29, 0.717) is 0 Å². The third kappa shape index (κ3) is 2.05. The Morgan fingerprint density at radius 3 is 2.38 bits per heavy atom. The summed E-state index contributed by atoms with van der Waals surface area (Å²) in [5.74, 6) is 0.832. The van der Waals surface area contributed by atoms with E-state index in [-0.39, 0.29) is 0 Å². The molecule has 2 saturated heterocycles. The lowest BCUT2D eigenvalue weighted by Gasteiger charge is -2.53. The van der Waals surface area contributed by atoms with Gasteiger partial charge in [0.1, 0.15) is 0 Å². The van der Waals surface area contributed by atoms with Crippen molar-refractivity contribution in [3.8, 4) is 0 Å². The van der Waals surface area contributed by atoms with Crippen molar-refractivity contribution in [2.75, 3.05) is 32.7 Å². The van der Waals surface area contributed by atoms with Gasteiger partial charge in [0.2, 0.25) is 0 Å². The zero-order valence-electron chi connectivity index (χ0n) is 8.97. The highest BCUT2D eigenvalue weighted by Gasteiger charge is 2.42. The van der Waals surface area contributed by atoms with Crippen LogP contribution in [0.25, 0.3) is 0 Å². The maximum Gasteiger partial charge on any atom is 0.00515 e. The molecule has 0 unspecified atom stereocenters. The van der Waals surface area contributed by atoms with Crippen LogP contribution < -0.4 is 5.32 Å². The molecule has 1 spiro atoms. The molecule has 0 aromatic rings. The van der Waals surface area contributed by atoms with Crippen LogP contribution >= 0.6 is 0 Å². The number of hydrogen-bond donors (Lipinski definition) is 1. The normalized spacial score (nSPS) is 27.9. The first-order valence-corrected chi connectivity index (χ1v) is 5.63. The van der Waals surface area contributed by atoms with Crippen LogP contribution in [-0.2, 0) is 0 Å². The third-order valence-electron chi connectivity index (χ3n) is 3.41. The molecule has 0 atom stereocenters. The molecule has 0 aliphatic carbocycles. The van der Waals surface area contributed by atoms with Crippen molar-refractivity contribution in [1.29, 1.82) is 0 Å². The molecule has 2 fully saturated rings. The highest BCUT2D eigenvalue weighted by atomic mass is 15.2. The van der Waals surface area contributed by atoms with Crippen LogP contribution in [0.15, 0.2) is 0 Å². The molecule has 0 bridgehead atoms. The quantitative estimate of drug-likeness (QED) is 0.693. The van der Waals surface area contributed by atoms with Gasteiger partial charge in [0.05, 0.1) is 0 Å². The van der Waals surface area contributed by atoms with Gasteiger partial charge in [-0.2, -0.15) is 0 Å². The van der Waals surface area contributed by atoms with Gasteiger partial charge in [0.15, 0.2) is 0 Å². The lowest BCUT2D eigenvalue weighted by molar-refractivity contribution is -0.0288. The molecule has 1 N–H and O–H groups in total. The number of piperidine rings is 1. The fourth-order valence-electron chi connectivity index (χ4n) is 2.82. The molecule has 0 aromatic carbocycles. The molecule has 13 heavy (non-hydrogen) atoms. The number of likely N-dealkylation sites (tertiary alicyclic amines) is 1. The van der Waals surface area contributed by atoms with Crippen molar-refractivity contribution in [2.45, 2.75) is 26.7 Å². The molecule has 2 aliphatic heterocycles. The second-order valence-corrected chi connectivity index (χ2v) is 5.31. The fourth-order valence-corrected chi connectivity index (χ4v) is 2.82. The van der Waals surface area contributed by atoms with Crippen LogP contribution in [0.2, 0.25) is 0 Å². The summed E-state index contributed by atoms with van der Waals surface area (Å²) in [7, 11) is 0. The van der Waals surface area contributed by atoms with Crippen LogP contribution in [0.4, 0.5) is 0 Å². The van der Waals surface area contributed by atoms with Gasteiger partial charge < -0.3 is 10.2 Å². The predicted molar refractivity (Wildman–Crippen MR) is 55.8 cm³/mol. The summed E-state index contributed by atoms with van der Waals surface area (Å²) in [6.07, 6.45) is 2.81. The van der Waals surface area contributed by atoms with E-state index < -0.39 is 0 Å². The van der Waals surface area contributed by atoms with Gasteiger partial charge in [-0.1, -0.05) is 13.8 Å². The summed E-state index contributed by atoms with van der Waals surface area (Å²) >= 11 is 0. The first kappa shape index (κ1) is 9.47. The largest absolute Gasteiger partial charge is 0.317 e. The number of rotatable bonds is 2. The number of nitrogens with zero attached hydrogens (tertiary/aromatic N) is 1. The summed E-state index contributed by atoms with van der Waals surface area (Å²) in [5, 5.41) is 3.45. The van der Waals surface area contributed by atoms with Gasteiger partial charge >= 0.3 is 0 Å². The van der Waals surface area contributed by atoms with Crippen molar-refractivity contribution in [2.24, 2.45) is 11.3 Å². The SMILES string of the molecule is CC(C)CN1CC2(CCNCC2)C1. The zero-order chi connectivity index (χ0) is 9.31. The Hall–Kier alpha value is -0.0800. The Balaban J connectivity index is 1.75. The van der Waals surface area contributed by atoms with Crippen LogP contribution in [-0.4, -0.2) is 37.6 Å². The van der Waals surface area contributed by atoms with E-state index in [2.05, 4.69) is 24.1 Å². The molecule has 2 aliphatic rings. The van der Waals surface area contributed by atoms with Crippen molar-refractivity contribution >= 4 is 0 Å². The van der Waals surface area contributed by atoms with E-state index in [0.717, 1.165) is 11.3 Å². The Morgan fingerprint density at radius 1 is 1.23 bits per heavy atom. The van der Waals surface area contributed by atoms with E-state index in [1.54, 1.807) is 0 Å². The second kappa shape index (κ2) is 3.58. The molecule has 0 amide bonds. The summed E-state index contributed by atoms with van der Waals surface area (Å²) in [6, 6.07) is 0. The smallest absolute Gasteiger partial charge is 0.00515 e. The van der Waals surface area contributed by atoms with E-state index >= 15 is 0 Å². The first-order valence-electron chi connectivity index (χ1n) is 5.63. The van der Waals surface area contributed by atoms with Crippen molar-refractivity contribution in [3.63, 3.8) is 0 Å². The van der Waals surface area contributed by atoms with E-state index in [4.69, 9.17) is 0 Å². The van der Waals surface area contributed by atoms with Gasteiger partial charge in [-0.05, 0) is 37.3 Å². The fraction of sp³-hybridized carbons (Fsp3) is 1.00. The Morgan fingerprint density at radius 2 is 1.85 bits per heavy atom. The van der Waals surface area contributed by atoms with Crippen LogP contribution in [0, 0.1) is 11.3 Å². The number of nitrogens with one attached hydrogen (secondary N) is 1. The molecule has 2 nitrogen and oxygen atoms in total. The van der Waals surface area contributed by atoms with Crippen LogP contribution in [0.5, 0.6) is 0 Å². The predicted octanol–water partition coefficient (Wildman–Crippen LogP) is 1.33. The Bertz CT molecular complexity index is 163. The molecular formula is C11H22N2. The minimum Gasteiger partial charge on any atom is -0.317 e. The molecule has 0 saturated carbocycles. The topological polar surface area (TPSA) is 15.3 Å². The summed E-state index contributed by atoms with van der Waals surface area (Å²) in [4.78, 5) is 2.62. The lowest BCUT2D eigenvalue weighted by Crippen LogP contribution is -2.60. The van der Waals surface area contributed by atoms with Gasteiger partial charge in [0.25, 0.3) is 0 Å². The van der Waals surface area contributed by atoms with Crippen molar-refractivity contribution in [3.05, 3.63) is 0 Å². The lowest BCUT2D eigenvalue weighted by atomic mass is 9.72. The minimum atomic E-state index is 0.722. The first-order chi connectivity index (χ1) is 6.20. The summed E-state index contributed by atoms with van der Waals surface area (Å²) < 4.78 is 0. The number of hydrogen-bond acceptors (Lipinski definition) is 2. The second-order valence-electron chi connectivity index (χ2n) is 5.31. The average Bonchev–Trinajstić information content (AvgIpc) is 2.02. The Labute approximate surface area is 81.7 Å². The summed E-state index contributed by atoms with van der Waals surface area (Å²) in [6.45, 7) is 11.2. The van der Waals surface area contributed by atoms with Gasteiger partial charge in [-0.15, -0.1) is 0 Å². The maximum atomic E-state index is 3.45. The Kier molecular flexibility index (Phi) is 2.61. The van der Waals surface area contributed by atoms with Crippen LogP contribution in [0.3, 0.4) is 0 Å². The minimum absolute atomic E-state index is 0.722. The standard InChI is InChI=1S/C11H22N2/c1-10(2)7-13-8-11(9-13)3-5-12-6-4-11/h10,12H,3-9H2,1-2H3. The average molecular weight is 182 g/mol. The van der Waals surface area contributed by atoms with Crippen molar-refractivity contribution in [1.82, 2.24) is 10.2 Å². The molecule has 2 rings (SSSR count). The molecule has 2 heteroatoms. The van der Waals surface area contributed by atoms with Gasteiger partial charge in [-0.25, -0.2) is 0 Å².